The minimum Gasteiger partial charge on any atom is -0.378 e. The average molecular weight is 258 g/mol. The second kappa shape index (κ2) is 6.35. The van der Waals surface area contributed by atoms with Gasteiger partial charge in [0.05, 0.1) is 25.2 Å². The van der Waals surface area contributed by atoms with Crippen LogP contribution in [-0.2, 0) is 9.53 Å². The summed E-state index contributed by atoms with van der Waals surface area (Å²) in [6.45, 7) is 4.41. The van der Waals surface area contributed by atoms with Gasteiger partial charge in [-0.05, 0) is 18.1 Å². The summed E-state index contributed by atoms with van der Waals surface area (Å²) in [7, 11) is 0. The van der Waals surface area contributed by atoms with Crippen LogP contribution in [0.5, 0.6) is 0 Å². The number of hydrogen-bond acceptors (Lipinski definition) is 3. The Balaban J connectivity index is 2.05. The van der Waals surface area contributed by atoms with E-state index in [1.165, 1.54) is 0 Å². The van der Waals surface area contributed by atoms with Crippen molar-refractivity contribution in [1.29, 1.82) is 5.26 Å². The maximum absolute atomic E-state index is 12.2. The topological polar surface area (TPSA) is 53.3 Å². The number of aryl methyl sites for hydroxylation is 1. The highest BCUT2D eigenvalue weighted by Gasteiger charge is 2.22. The Morgan fingerprint density at radius 1 is 1.42 bits per heavy atom. The number of carbonyl (C=O) groups is 1. The van der Waals surface area contributed by atoms with Gasteiger partial charge in [0, 0.05) is 19.5 Å². The van der Waals surface area contributed by atoms with Gasteiger partial charge in [-0.3, -0.25) is 4.79 Å². The minimum atomic E-state index is -0.364. The molecule has 0 saturated carbocycles. The van der Waals surface area contributed by atoms with Crippen molar-refractivity contribution in [3.05, 3.63) is 35.4 Å². The molecule has 1 aromatic carbocycles. The molecule has 1 aliphatic rings. The second-order valence-electron chi connectivity index (χ2n) is 4.74. The maximum Gasteiger partial charge on any atom is 0.224 e. The zero-order valence-corrected chi connectivity index (χ0v) is 11.1. The molecule has 1 aliphatic heterocycles. The molecular formula is C15H18N2O2. The third kappa shape index (κ3) is 3.33. The lowest BCUT2D eigenvalue weighted by atomic mass is 9.93. The van der Waals surface area contributed by atoms with Gasteiger partial charge < -0.3 is 9.64 Å². The zero-order valence-electron chi connectivity index (χ0n) is 11.1. The number of morpholine rings is 1. The second-order valence-corrected chi connectivity index (χ2v) is 4.74. The fourth-order valence-corrected chi connectivity index (χ4v) is 2.32. The smallest absolute Gasteiger partial charge is 0.224 e. The van der Waals surface area contributed by atoms with Gasteiger partial charge in [0.2, 0.25) is 5.91 Å². The molecule has 0 radical (unpaired) electrons. The number of benzene rings is 1. The zero-order chi connectivity index (χ0) is 13.7. The molecule has 1 atom stereocenters. The number of nitriles is 1. The van der Waals surface area contributed by atoms with Gasteiger partial charge in [-0.2, -0.15) is 5.26 Å². The van der Waals surface area contributed by atoms with E-state index in [4.69, 9.17) is 4.74 Å². The summed E-state index contributed by atoms with van der Waals surface area (Å²) in [5.74, 6) is -0.324. The summed E-state index contributed by atoms with van der Waals surface area (Å²) in [5.41, 5.74) is 2.01. The molecule has 1 amide bonds. The highest BCUT2D eigenvalue weighted by Crippen LogP contribution is 2.23. The Morgan fingerprint density at radius 2 is 2.11 bits per heavy atom. The largest absolute Gasteiger partial charge is 0.378 e. The molecule has 1 unspecified atom stereocenters. The van der Waals surface area contributed by atoms with Crippen LogP contribution in [0.1, 0.15) is 23.5 Å². The first-order valence-electron chi connectivity index (χ1n) is 6.53. The van der Waals surface area contributed by atoms with Crippen molar-refractivity contribution in [2.75, 3.05) is 26.3 Å². The molecule has 0 aromatic heterocycles. The molecule has 1 heterocycles. The fraction of sp³-hybridized carbons (Fsp3) is 0.467. The van der Waals surface area contributed by atoms with Gasteiger partial charge in [-0.25, -0.2) is 0 Å². The Labute approximate surface area is 113 Å². The quantitative estimate of drug-likeness (QED) is 0.831. The molecule has 2 rings (SSSR count). The van der Waals surface area contributed by atoms with Crippen LogP contribution >= 0.6 is 0 Å². The van der Waals surface area contributed by atoms with E-state index < -0.39 is 0 Å². The van der Waals surface area contributed by atoms with Crippen LogP contribution < -0.4 is 0 Å². The van der Waals surface area contributed by atoms with Crippen LogP contribution in [0.3, 0.4) is 0 Å². The van der Waals surface area contributed by atoms with Gasteiger partial charge >= 0.3 is 0 Å². The molecular weight excluding hydrogens is 240 g/mol. The van der Waals surface area contributed by atoms with Crippen molar-refractivity contribution < 1.29 is 9.53 Å². The van der Waals surface area contributed by atoms with Gasteiger partial charge in [-0.15, -0.1) is 0 Å². The standard InChI is InChI=1S/C15H18N2O2/c1-12-4-2-3-5-14(12)13(11-16)10-15(18)17-6-8-19-9-7-17/h2-5,13H,6-10H2,1H3. The molecule has 0 aliphatic carbocycles. The van der Waals surface area contributed by atoms with Crippen molar-refractivity contribution in [3.8, 4) is 6.07 Å². The summed E-state index contributed by atoms with van der Waals surface area (Å²) < 4.78 is 5.23. The molecule has 0 N–H and O–H groups in total. The van der Waals surface area contributed by atoms with Crippen LogP contribution in [0.15, 0.2) is 24.3 Å². The van der Waals surface area contributed by atoms with Crippen molar-refractivity contribution in [1.82, 2.24) is 4.90 Å². The first-order valence-corrected chi connectivity index (χ1v) is 6.53. The van der Waals surface area contributed by atoms with E-state index in [2.05, 4.69) is 6.07 Å². The predicted octanol–water partition coefficient (Wildman–Crippen LogP) is 1.85. The SMILES string of the molecule is Cc1ccccc1C(C#N)CC(=O)N1CCOCC1. The van der Waals surface area contributed by atoms with Crippen LogP contribution in [0.25, 0.3) is 0 Å². The fourth-order valence-electron chi connectivity index (χ4n) is 2.32. The van der Waals surface area contributed by atoms with E-state index in [0.29, 0.717) is 26.3 Å². The van der Waals surface area contributed by atoms with E-state index >= 15 is 0 Å². The van der Waals surface area contributed by atoms with E-state index in [9.17, 15) is 10.1 Å². The number of nitrogens with zero attached hydrogens (tertiary/aromatic N) is 2. The molecule has 4 nitrogen and oxygen atoms in total. The van der Waals surface area contributed by atoms with Crippen molar-refractivity contribution in [2.45, 2.75) is 19.3 Å². The number of hydrogen-bond donors (Lipinski definition) is 0. The van der Waals surface area contributed by atoms with Gasteiger partial charge in [0.25, 0.3) is 0 Å². The first-order chi connectivity index (χ1) is 9.22. The molecule has 19 heavy (non-hydrogen) atoms. The maximum atomic E-state index is 12.2. The predicted molar refractivity (Wildman–Crippen MR) is 71.5 cm³/mol. The average Bonchev–Trinajstić information content (AvgIpc) is 2.46. The van der Waals surface area contributed by atoms with Crippen LogP contribution in [0.4, 0.5) is 0 Å². The third-order valence-corrected chi connectivity index (χ3v) is 3.46. The van der Waals surface area contributed by atoms with E-state index in [-0.39, 0.29) is 18.2 Å². The summed E-state index contributed by atoms with van der Waals surface area (Å²) in [6.07, 6.45) is 0.251. The number of ether oxygens (including phenoxy) is 1. The Kier molecular flexibility index (Phi) is 4.53. The van der Waals surface area contributed by atoms with Crippen molar-refractivity contribution in [2.24, 2.45) is 0 Å². The van der Waals surface area contributed by atoms with Crippen LogP contribution in [0.2, 0.25) is 0 Å². The number of amides is 1. The van der Waals surface area contributed by atoms with E-state index in [0.717, 1.165) is 11.1 Å². The highest BCUT2D eigenvalue weighted by molar-refractivity contribution is 5.77. The summed E-state index contributed by atoms with van der Waals surface area (Å²) in [5, 5.41) is 9.31. The van der Waals surface area contributed by atoms with Gasteiger partial charge in [0.1, 0.15) is 0 Å². The Bertz CT molecular complexity index is 487. The summed E-state index contributed by atoms with van der Waals surface area (Å²) in [6, 6.07) is 10.00. The minimum absolute atomic E-state index is 0.0399. The van der Waals surface area contributed by atoms with E-state index in [1.54, 1.807) is 4.90 Å². The third-order valence-electron chi connectivity index (χ3n) is 3.46. The molecule has 1 aromatic rings. The number of carbonyl (C=O) groups excluding carboxylic acids is 1. The Morgan fingerprint density at radius 3 is 2.74 bits per heavy atom. The normalized spacial score (nSPS) is 16.7. The lowest BCUT2D eigenvalue weighted by Crippen LogP contribution is -2.41. The lowest BCUT2D eigenvalue weighted by molar-refractivity contribution is -0.135. The van der Waals surface area contributed by atoms with E-state index in [1.807, 2.05) is 31.2 Å². The molecule has 4 heteroatoms. The first kappa shape index (κ1) is 13.6. The summed E-state index contributed by atoms with van der Waals surface area (Å²) in [4.78, 5) is 14.0. The molecule has 1 fully saturated rings. The van der Waals surface area contributed by atoms with Crippen molar-refractivity contribution in [3.63, 3.8) is 0 Å². The monoisotopic (exact) mass is 258 g/mol. The molecule has 0 bridgehead atoms. The van der Waals surface area contributed by atoms with Gasteiger partial charge in [-0.1, -0.05) is 24.3 Å². The van der Waals surface area contributed by atoms with Crippen molar-refractivity contribution >= 4 is 5.91 Å². The highest BCUT2D eigenvalue weighted by atomic mass is 16.5. The number of rotatable bonds is 3. The van der Waals surface area contributed by atoms with Crippen LogP contribution in [-0.4, -0.2) is 37.1 Å². The lowest BCUT2D eigenvalue weighted by Gasteiger charge is -2.27. The Hall–Kier alpha value is -1.86. The molecule has 0 spiro atoms. The van der Waals surface area contributed by atoms with Gasteiger partial charge in [0.15, 0.2) is 0 Å². The van der Waals surface area contributed by atoms with Crippen LogP contribution in [0, 0.1) is 18.3 Å². The molecule has 100 valence electrons. The summed E-state index contributed by atoms with van der Waals surface area (Å²) >= 11 is 0. The molecule has 1 saturated heterocycles.